The Hall–Kier alpha value is -3.24. The van der Waals surface area contributed by atoms with Gasteiger partial charge in [-0.1, -0.05) is 36.4 Å². The highest BCUT2D eigenvalue weighted by atomic mass is 15.0. The third-order valence-electron chi connectivity index (χ3n) is 6.05. The van der Waals surface area contributed by atoms with Crippen molar-refractivity contribution in [2.24, 2.45) is 14.1 Å². The van der Waals surface area contributed by atoms with Crippen molar-refractivity contribution in [3.63, 3.8) is 0 Å². The molecule has 5 aromatic rings. The third-order valence-corrected chi connectivity index (χ3v) is 6.05. The average Bonchev–Trinajstić information content (AvgIpc) is 3.42. The number of nitrogens with zero attached hydrogens (tertiary/aromatic N) is 3. The summed E-state index contributed by atoms with van der Waals surface area (Å²) in [6.45, 7) is 2.03. The Balaban J connectivity index is 1.70. The van der Waals surface area contributed by atoms with E-state index in [0.29, 0.717) is 0 Å². The lowest BCUT2D eigenvalue weighted by Gasteiger charge is -2.04. The number of rotatable bonds is 6. The summed E-state index contributed by atoms with van der Waals surface area (Å²) in [5.41, 5.74) is 7.73. The van der Waals surface area contributed by atoms with Gasteiger partial charge < -0.3 is 19.0 Å². The van der Waals surface area contributed by atoms with E-state index in [9.17, 15) is 0 Å². The molecule has 0 amide bonds. The molecular formula is C26H28N4. The minimum Gasteiger partial charge on any atom is -0.356 e. The van der Waals surface area contributed by atoms with Gasteiger partial charge in [0.25, 0.3) is 0 Å². The molecule has 2 aromatic carbocycles. The van der Waals surface area contributed by atoms with Gasteiger partial charge in [-0.15, -0.1) is 0 Å². The van der Waals surface area contributed by atoms with Crippen LogP contribution in [0.25, 0.3) is 44.1 Å². The topological polar surface area (TPSA) is 26.8 Å². The molecule has 30 heavy (non-hydrogen) atoms. The number of aryl methyl sites for hydroxylation is 3. The van der Waals surface area contributed by atoms with Crippen LogP contribution in [0, 0.1) is 0 Å². The van der Waals surface area contributed by atoms with Crippen molar-refractivity contribution >= 4 is 21.8 Å². The van der Waals surface area contributed by atoms with Gasteiger partial charge in [0.05, 0.1) is 0 Å². The molecule has 0 radical (unpaired) electrons. The maximum absolute atomic E-state index is 3.26. The van der Waals surface area contributed by atoms with E-state index < -0.39 is 0 Å². The van der Waals surface area contributed by atoms with Crippen molar-refractivity contribution in [2.75, 3.05) is 13.6 Å². The van der Waals surface area contributed by atoms with Gasteiger partial charge in [0.2, 0.25) is 0 Å². The van der Waals surface area contributed by atoms with Crippen LogP contribution in [0.1, 0.15) is 6.42 Å². The van der Waals surface area contributed by atoms with Crippen LogP contribution in [-0.2, 0) is 20.6 Å². The molecule has 0 fully saturated rings. The SMILES string of the molecule is CNCCCn1cc(-c2cn(C)cc2-c2cn(C)c3ccccc23)c2ccccc21. The molecule has 3 aromatic heterocycles. The van der Waals surface area contributed by atoms with Crippen molar-refractivity contribution in [1.82, 2.24) is 19.0 Å². The summed E-state index contributed by atoms with van der Waals surface area (Å²) >= 11 is 0. The maximum Gasteiger partial charge on any atom is 0.0486 e. The summed E-state index contributed by atoms with van der Waals surface area (Å²) in [6.07, 6.45) is 10.2. The van der Waals surface area contributed by atoms with Crippen molar-refractivity contribution < 1.29 is 0 Å². The number of hydrogen-bond donors (Lipinski definition) is 1. The fraction of sp³-hybridized carbons (Fsp3) is 0.231. The summed E-state index contributed by atoms with van der Waals surface area (Å²) in [5.74, 6) is 0. The molecule has 0 spiro atoms. The zero-order valence-electron chi connectivity index (χ0n) is 17.9. The Kier molecular flexibility index (Phi) is 4.72. The molecule has 3 heterocycles. The molecule has 0 saturated heterocycles. The highest BCUT2D eigenvalue weighted by Crippen LogP contribution is 2.40. The fourth-order valence-corrected chi connectivity index (χ4v) is 4.64. The number of nitrogens with one attached hydrogen (secondary N) is 1. The van der Waals surface area contributed by atoms with Gasteiger partial charge in [-0.2, -0.15) is 0 Å². The van der Waals surface area contributed by atoms with Crippen molar-refractivity contribution in [3.8, 4) is 22.3 Å². The van der Waals surface area contributed by atoms with E-state index in [-0.39, 0.29) is 0 Å². The Morgan fingerprint density at radius 2 is 1.30 bits per heavy atom. The monoisotopic (exact) mass is 396 g/mol. The Morgan fingerprint density at radius 3 is 2.00 bits per heavy atom. The van der Waals surface area contributed by atoms with E-state index >= 15 is 0 Å². The second-order valence-electron chi connectivity index (χ2n) is 8.13. The zero-order valence-corrected chi connectivity index (χ0v) is 17.9. The van der Waals surface area contributed by atoms with Gasteiger partial charge >= 0.3 is 0 Å². The van der Waals surface area contributed by atoms with E-state index in [1.807, 2.05) is 7.05 Å². The van der Waals surface area contributed by atoms with Crippen molar-refractivity contribution in [2.45, 2.75) is 13.0 Å². The van der Waals surface area contributed by atoms with Gasteiger partial charge in [0.15, 0.2) is 0 Å². The molecule has 4 heteroatoms. The molecule has 0 atom stereocenters. The molecule has 0 aliphatic carbocycles. The van der Waals surface area contributed by atoms with E-state index in [4.69, 9.17) is 0 Å². The van der Waals surface area contributed by atoms with E-state index in [1.54, 1.807) is 0 Å². The van der Waals surface area contributed by atoms with E-state index in [0.717, 1.165) is 19.5 Å². The Bertz CT molecular complexity index is 1330. The van der Waals surface area contributed by atoms with Gasteiger partial charge in [0, 0.05) is 89.5 Å². The molecule has 0 unspecified atom stereocenters. The molecule has 152 valence electrons. The van der Waals surface area contributed by atoms with Crippen molar-refractivity contribution in [3.05, 3.63) is 73.3 Å². The first kappa shape index (κ1) is 18.8. The molecular weight excluding hydrogens is 368 g/mol. The summed E-state index contributed by atoms with van der Waals surface area (Å²) < 4.78 is 6.81. The van der Waals surface area contributed by atoms with Gasteiger partial charge in [0.1, 0.15) is 0 Å². The predicted octanol–water partition coefficient (Wildman–Crippen LogP) is 5.42. The quantitative estimate of drug-likeness (QED) is 0.382. The Morgan fingerprint density at radius 1 is 0.700 bits per heavy atom. The number of para-hydroxylation sites is 2. The first-order valence-electron chi connectivity index (χ1n) is 10.6. The van der Waals surface area contributed by atoms with Crippen LogP contribution in [0.4, 0.5) is 0 Å². The lowest BCUT2D eigenvalue weighted by atomic mass is 9.98. The van der Waals surface area contributed by atoms with Gasteiger partial charge in [-0.05, 0) is 32.1 Å². The lowest BCUT2D eigenvalue weighted by molar-refractivity contribution is 0.627. The molecule has 4 nitrogen and oxygen atoms in total. The summed E-state index contributed by atoms with van der Waals surface area (Å²) in [4.78, 5) is 0. The third kappa shape index (κ3) is 3.04. The van der Waals surface area contributed by atoms with Gasteiger partial charge in [-0.3, -0.25) is 0 Å². The summed E-state index contributed by atoms with van der Waals surface area (Å²) in [7, 11) is 6.26. The molecule has 0 saturated carbocycles. The fourth-order valence-electron chi connectivity index (χ4n) is 4.64. The zero-order chi connectivity index (χ0) is 20.7. The second-order valence-corrected chi connectivity index (χ2v) is 8.13. The van der Waals surface area contributed by atoms with Crippen LogP contribution >= 0.6 is 0 Å². The van der Waals surface area contributed by atoms with Crippen LogP contribution in [0.3, 0.4) is 0 Å². The lowest BCUT2D eigenvalue weighted by Crippen LogP contribution is -2.10. The van der Waals surface area contributed by atoms with Crippen LogP contribution < -0.4 is 5.32 Å². The first-order valence-corrected chi connectivity index (χ1v) is 10.6. The number of hydrogen-bond acceptors (Lipinski definition) is 1. The molecule has 0 aliphatic heterocycles. The summed E-state index contributed by atoms with van der Waals surface area (Å²) in [5, 5.41) is 5.87. The molecule has 0 aliphatic rings. The number of benzene rings is 2. The summed E-state index contributed by atoms with van der Waals surface area (Å²) in [6, 6.07) is 17.4. The van der Waals surface area contributed by atoms with Crippen LogP contribution in [-0.4, -0.2) is 27.3 Å². The van der Waals surface area contributed by atoms with Crippen LogP contribution in [0.15, 0.2) is 73.3 Å². The highest BCUT2D eigenvalue weighted by molar-refractivity contribution is 6.04. The van der Waals surface area contributed by atoms with E-state index in [1.165, 1.54) is 44.1 Å². The number of fused-ring (bicyclic) bond motifs is 2. The normalized spacial score (nSPS) is 11.7. The minimum absolute atomic E-state index is 1.01. The smallest absolute Gasteiger partial charge is 0.0486 e. The van der Waals surface area contributed by atoms with Crippen LogP contribution in [0.5, 0.6) is 0 Å². The van der Waals surface area contributed by atoms with Crippen LogP contribution in [0.2, 0.25) is 0 Å². The average molecular weight is 397 g/mol. The number of aromatic nitrogens is 3. The first-order chi connectivity index (χ1) is 14.7. The maximum atomic E-state index is 3.26. The standard InChI is InChI=1S/C26H28N4/c1-27-13-8-14-30-18-24(20-10-5-7-12-26(20)30)22-16-28(2)15-21(22)23-17-29(3)25-11-6-4-9-19(23)25/h4-7,9-12,15-18,27H,8,13-14H2,1-3H3. The molecule has 5 rings (SSSR count). The molecule has 0 bridgehead atoms. The van der Waals surface area contributed by atoms with E-state index in [2.05, 4.69) is 106 Å². The second kappa shape index (κ2) is 7.54. The highest BCUT2D eigenvalue weighted by Gasteiger charge is 2.18. The predicted molar refractivity (Wildman–Crippen MR) is 127 cm³/mol. The molecule has 1 N–H and O–H groups in total. The van der Waals surface area contributed by atoms with Crippen molar-refractivity contribution in [1.29, 1.82) is 0 Å². The van der Waals surface area contributed by atoms with Gasteiger partial charge in [-0.25, -0.2) is 0 Å². The minimum atomic E-state index is 1.01. The largest absolute Gasteiger partial charge is 0.356 e. The Labute approximate surface area is 177 Å².